The summed E-state index contributed by atoms with van der Waals surface area (Å²) in [6, 6.07) is 13.5. The van der Waals surface area contributed by atoms with E-state index in [1.807, 2.05) is 42.5 Å². The molecule has 1 saturated heterocycles. The summed E-state index contributed by atoms with van der Waals surface area (Å²) in [5, 5.41) is 10.0. The van der Waals surface area contributed by atoms with E-state index in [0.717, 1.165) is 22.6 Å². The first-order valence-electron chi connectivity index (χ1n) is 8.95. The van der Waals surface area contributed by atoms with Crippen molar-refractivity contribution in [1.29, 1.82) is 0 Å². The van der Waals surface area contributed by atoms with E-state index >= 15 is 0 Å². The maximum absolute atomic E-state index is 12.2. The van der Waals surface area contributed by atoms with Crippen molar-refractivity contribution in [2.24, 2.45) is 5.41 Å². The minimum Gasteiger partial charge on any atom is -0.497 e. The minimum atomic E-state index is -0.923. The van der Waals surface area contributed by atoms with Crippen LogP contribution in [0.2, 0.25) is 0 Å². The number of carboxylic acid groups (broad SMARTS) is 1. The molecule has 0 saturated carbocycles. The van der Waals surface area contributed by atoms with Crippen molar-refractivity contribution in [3.05, 3.63) is 53.6 Å². The average Bonchev–Trinajstić information content (AvgIpc) is 3.08. The largest absolute Gasteiger partial charge is 0.497 e. The molecule has 2 aliphatic heterocycles. The van der Waals surface area contributed by atoms with E-state index in [1.165, 1.54) is 0 Å². The highest BCUT2D eigenvalue weighted by Gasteiger charge is 2.56. The van der Waals surface area contributed by atoms with Crippen LogP contribution < -0.4 is 14.2 Å². The second-order valence-electron chi connectivity index (χ2n) is 7.22. The molecule has 4 rings (SSSR count). The Kier molecular flexibility index (Phi) is 4.44. The summed E-state index contributed by atoms with van der Waals surface area (Å²) in [5.41, 5.74) is 1.15. The van der Waals surface area contributed by atoms with Crippen molar-refractivity contribution >= 4 is 5.97 Å². The number of nitrogens with zero attached hydrogens (tertiary/aromatic N) is 1. The maximum Gasteiger partial charge on any atom is 0.315 e. The molecular weight excluding hydrogens is 346 g/mol. The van der Waals surface area contributed by atoms with E-state index in [2.05, 4.69) is 4.90 Å². The lowest BCUT2D eigenvalue weighted by Crippen LogP contribution is -2.45. The van der Waals surface area contributed by atoms with Crippen LogP contribution in [-0.2, 0) is 11.3 Å². The Labute approximate surface area is 158 Å². The van der Waals surface area contributed by atoms with Gasteiger partial charge in [0, 0.05) is 37.2 Å². The van der Waals surface area contributed by atoms with Crippen molar-refractivity contribution in [3.8, 4) is 17.2 Å². The van der Waals surface area contributed by atoms with Crippen molar-refractivity contribution in [2.45, 2.75) is 12.5 Å². The monoisotopic (exact) mass is 369 g/mol. The highest BCUT2D eigenvalue weighted by molar-refractivity contribution is 5.78. The number of hydrogen-bond donors (Lipinski definition) is 1. The first kappa shape index (κ1) is 17.7. The van der Waals surface area contributed by atoms with E-state index < -0.39 is 11.4 Å². The van der Waals surface area contributed by atoms with Gasteiger partial charge in [-0.3, -0.25) is 9.69 Å². The number of methoxy groups -OCH3 is 2. The standard InChI is InChI=1S/C21H23NO5/c1-25-15-5-3-14(4-6-15)10-22-11-18-17-8-7-16(26-2)9-19(17)27-13-21(18,12-22)20(23)24/h3-9,18H,10-13H2,1-2H3,(H,23,24)/t18-,21-/m1/s1. The molecule has 6 heteroatoms. The number of carbonyl (C=O) groups is 1. The van der Waals surface area contributed by atoms with E-state index in [4.69, 9.17) is 14.2 Å². The minimum absolute atomic E-state index is 0.108. The van der Waals surface area contributed by atoms with Crippen LogP contribution in [0.1, 0.15) is 17.0 Å². The zero-order chi connectivity index (χ0) is 19.0. The summed E-state index contributed by atoms with van der Waals surface area (Å²) >= 11 is 0. The van der Waals surface area contributed by atoms with Gasteiger partial charge in [-0.05, 0) is 23.8 Å². The van der Waals surface area contributed by atoms with Crippen molar-refractivity contribution in [3.63, 3.8) is 0 Å². The lowest BCUT2D eigenvalue weighted by atomic mass is 9.73. The summed E-state index contributed by atoms with van der Waals surface area (Å²) in [7, 11) is 3.25. The van der Waals surface area contributed by atoms with Crippen LogP contribution in [0.15, 0.2) is 42.5 Å². The Morgan fingerprint density at radius 2 is 1.89 bits per heavy atom. The van der Waals surface area contributed by atoms with E-state index in [9.17, 15) is 9.90 Å². The topological polar surface area (TPSA) is 68.2 Å². The summed E-state index contributed by atoms with van der Waals surface area (Å²) in [4.78, 5) is 14.4. The number of benzene rings is 2. The molecule has 2 heterocycles. The highest BCUT2D eigenvalue weighted by Crippen LogP contribution is 2.50. The lowest BCUT2D eigenvalue weighted by molar-refractivity contribution is -0.151. The van der Waals surface area contributed by atoms with Crippen LogP contribution >= 0.6 is 0 Å². The van der Waals surface area contributed by atoms with Crippen molar-refractivity contribution in [2.75, 3.05) is 33.9 Å². The smallest absolute Gasteiger partial charge is 0.315 e. The zero-order valence-electron chi connectivity index (χ0n) is 15.5. The van der Waals surface area contributed by atoms with Crippen LogP contribution in [0, 0.1) is 5.41 Å². The molecule has 27 heavy (non-hydrogen) atoms. The summed E-state index contributed by atoms with van der Waals surface area (Å²) in [6.45, 7) is 2.01. The van der Waals surface area contributed by atoms with Crippen LogP contribution in [0.4, 0.5) is 0 Å². The second-order valence-corrected chi connectivity index (χ2v) is 7.22. The molecule has 1 N–H and O–H groups in total. The number of ether oxygens (including phenoxy) is 3. The van der Waals surface area contributed by atoms with Gasteiger partial charge < -0.3 is 19.3 Å². The molecule has 2 atom stereocenters. The fourth-order valence-electron chi connectivity index (χ4n) is 4.20. The molecule has 0 aliphatic carbocycles. The Morgan fingerprint density at radius 1 is 1.19 bits per heavy atom. The quantitative estimate of drug-likeness (QED) is 0.874. The summed E-state index contributed by atoms with van der Waals surface area (Å²) < 4.78 is 16.3. The molecule has 6 nitrogen and oxygen atoms in total. The van der Waals surface area contributed by atoms with Gasteiger partial charge in [-0.2, -0.15) is 0 Å². The van der Waals surface area contributed by atoms with Crippen molar-refractivity contribution in [1.82, 2.24) is 4.90 Å². The Balaban J connectivity index is 1.61. The molecule has 0 radical (unpaired) electrons. The lowest BCUT2D eigenvalue weighted by Gasteiger charge is -2.36. The number of likely N-dealkylation sites (tertiary alicyclic amines) is 1. The Hall–Kier alpha value is -2.73. The predicted octanol–water partition coefficient (Wildman–Crippen LogP) is 2.77. The fraction of sp³-hybridized carbons (Fsp3) is 0.381. The SMILES string of the molecule is COc1ccc(CN2C[C@@H]3c4ccc(OC)cc4OC[C@]3(C(=O)O)C2)cc1. The van der Waals surface area contributed by atoms with Gasteiger partial charge in [-0.1, -0.05) is 18.2 Å². The van der Waals surface area contributed by atoms with Gasteiger partial charge >= 0.3 is 5.97 Å². The summed E-state index contributed by atoms with van der Waals surface area (Å²) in [6.07, 6.45) is 0. The van der Waals surface area contributed by atoms with Gasteiger partial charge in [0.15, 0.2) is 0 Å². The van der Waals surface area contributed by atoms with E-state index in [1.54, 1.807) is 14.2 Å². The zero-order valence-corrected chi connectivity index (χ0v) is 15.5. The number of carboxylic acids is 1. The van der Waals surface area contributed by atoms with Gasteiger partial charge in [0.1, 0.15) is 29.3 Å². The normalized spacial score (nSPS) is 23.9. The first-order chi connectivity index (χ1) is 13.1. The molecule has 142 valence electrons. The van der Waals surface area contributed by atoms with E-state index in [-0.39, 0.29) is 12.5 Å². The fourth-order valence-corrected chi connectivity index (χ4v) is 4.20. The van der Waals surface area contributed by atoms with Gasteiger partial charge in [-0.15, -0.1) is 0 Å². The molecule has 0 bridgehead atoms. The van der Waals surface area contributed by atoms with Crippen LogP contribution in [0.3, 0.4) is 0 Å². The van der Waals surface area contributed by atoms with Gasteiger partial charge in [-0.25, -0.2) is 0 Å². The molecular formula is C21H23NO5. The van der Waals surface area contributed by atoms with Crippen molar-refractivity contribution < 1.29 is 24.1 Å². The maximum atomic E-state index is 12.2. The van der Waals surface area contributed by atoms with Crippen LogP contribution in [0.5, 0.6) is 17.2 Å². The summed E-state index contributed by atoms with van der Waals surface area (Å²) in [5.74, 6) is 1.34. The molecule has 2 aromatic rings. The van der Waals surface area contributed by atoms with E-state index in [0.29, 0.717) is 25.4 Å². The molecule has 2 aliphatic rings. The third-order valence-electron chi connectivity index (χ3n) is 5.69. The average molecular weight is 369 g/mol. The first-order valence-corrected chi connectivity index (χ1v) is 8.95. The van der Waals surface area contributed by atoms with Crippen LogP contribution in [-0.4, -0.2) is 49.9 Å². The number of fused-ring (bicyclic) bond motifs is 3. The molecule has 2 aromatic carbocycles. The number of rotatable bonds is 5. The second kappa shape index (κ2) is 6.78. The molecule has 0 spiro atoms. The molecule has 1 fully saturated rings. The highest BCUT2D eigenvalue weighted by atomic mass is 16.5. The third kappa shape index (κ3) is 3.00. The van der Waals surface area contributed by atoms with Gasteiger partial charge in [0.2, 0.25) is 0 Å². The number of hydrogen-bond acceptors (Lipinski definition) is 5. The predicted molar refractivity (Wildman–Crippen MR) is 99.6 cm³/mol. The molecule has 0 amide bonds. The van der Waals surface area contributed by atoms with Gasteiger partial charge in [0.25, 0.3) is 0 Å². The Bertz CT molecular complexity index is 850. The third-order valence-corrected chi connectivity index (χ3v) is 5.69. The number of aliphatic carboxylic acids is 1. The van der Waals surface area contributed by atoms with Gasteiger partial charge in [0.05, 0.1) is 14.2 Å². The van der Waals surface area contributed by atoms with Crippen LogP contribution in [0.25, 0.3) is 0 Å². The molecule has 0 aromatic heterocycles. The molecule has 0 unspecified atom stereocenters. The Morgan fingerprint density at radius 3 is 2.56 bits per heavy atom.